The Kier molecular flexibility index (Phi) is 15.1. The number of nitrogens with zero attached hydrogens (tertiary/aromatic N) is 4. The second-order valence-corrected chi connectivity index (χ2v) is 6.50. The van der Waals surface area contributed by atoms with E-state index in [1.54, 1.807) is 0 Å². The summed E-state index contributed by atoms with van der Waals surface area (Å²) in [5.41, 5.74) is 0. The number of imidazole rings is 2. The van der Waals surface area contributed by atoms with Gasteiger partial charge in [0, 0.05) is 13.8 Å². The number of aryl methyl sites for hydroxylation is 4. The van der Waals surface area contributed by atoms with Gasteiger partial charge in [0.15, 0.2) is 0 Å². The summed E-state index contributed by atoms with van der Waals surface area (Å²) >= 11 is 0. The molecular formula is C18H34BBrF4N4. The van der Waals surface area contributed by atoms with E-state index < -0.39 is 7.25 Å². The predicted octanol–water partition coefficient (Wildman–Crippen LogP) is 1.15. The molecular weight excluding hydrogens is 439 g/mol. The SMILES string of the molecule is CCCCn1cc[n+](C)c1C.CCCCn1cc[n+](C)c1C.F[B-](F)(F)F.[Br-]. The minimum atomic E-state index is -6.00. The molecule has 0 aliphatic carbocycles. The lowest BCUT2D eigenvalue weighted by Gasteiger charge is -1.95. The normalized spacial score (nSPS) is 10.4. The quantitative estimate of drug-likeness (QED) is 0.341. The predicted molar refractivity (Wildman–Crippen MR) is 101 cm³/mol. The standard InChI is InChI=1S/2C9H17N2.BF4.BrH/c2*1-4-5-6-11-8-7-10(3)9(11)2;2-1(3,4)5;/h2*7-8H,4-6H2,1-3H3;;1H/q2*+1;-1;/p-1. The molecule has 0 N–H and O–H groups in total. The van der Waals surface area contributed by atoms with Gasteiger partial charge in [-0.05, 0) is 12.8 Å². The van der Waals surface area contributed by atoms with Crippen LogP contribution in [0.2, 0.25) is 0 Å². The molecule has 0 bridgehead atoms. The summed E-state index contributed by atoms with van der Waals surface area (Å²) in [5.74, 6) is 2.66. The van der Waals surface area contributed by atoms with E-state index >= 15 is 0 Å². The molecule has 164 valence electrons. The highest BCUT2D eigenvalue weighted by molar-refractivity contribution is 6.50. The Hall–Kier alpha value is -1.32. The van der Waals surface area contributed by atoms with Crippen LogP contribution in [0.15, 0.2) is 24.8 Å². The average molecular weight is 473 g/mol. The number of unbranched alkanes of at least 4 members (excludes halogenated alkanes) is 2. The largest absolute Gasteiger partial charge is 1.00 e. The van der Waals surface area contributed by atoms with Crippen LogP contribution in [-0.4, -0.2) is 16.4 Å². The lowest BCUT2D eigenvalue weighted by Crippen LogP contribution is -3.00. The van der Waals surface area contributed by atoms with Gasteiger partial charge in [-0.15, -0.1) is 0 Å². The second-order valence-electron chi connectivity index (χ2n) is 6.50. The van der Waals surface area contributed by atoms with Crippen molar-refractivity contribution >= 4 is 7.25 Å². The van der Waals surface area contributed by atoms with Crippen LogP contribution in [0.3, 0.4) is 0 Å². The topological polar surface area (TPSA) is 17.6 Å². The fraction of sp³-hybridized carbons (Fsp3) is 0.667. The van der Waals surface area contributed by atoms with Crippen LogP contribution in [0.1, 0.15) is 51.2 Å². The molecule has 0 radical (unpaired) electrons. The molecule has 0 aliphatic rings. The monoisotopic (exact) mass is 472 g/mol. The molecule has 0 fully saturated rings. The van der Waals surface area contributed by atoms with Gasteiger partial charge in [0.05, 0.1) is 27.2 Å². The second kappa shape index (κ2) is 14.7. The van der Waals surface area contributed by atoms with Gasteiger partial charge in [0.1, 0.15) is 24.8 Å². The van der Waals surface area contributed by atoms with Crippen LogP contribution in [-0.2, 0) is 27.2 Å². The van der Waals surface area contributed by atoms with Gasteiger partial charge < -0.3 is 34.2 Å². The number of hydrogen-bond donors (Lipinski definition) is 0. The summed E-state index contributed by atoms with van der Waals surface area (Å²) in [6, 6.07) is 0. The van der Waals surface area contributed by atoms with Crippen LogP contribution in [0.25, 0.3) is 0 Å². The van der Waals surface area contributed by atoms with E-state index in [4.69, 9.17) is 0 Å². The van der Waals surface area contributed by atoms with Crippen molar-refractivity contribution in [3.05, 3.63) is 36.4 Å². The number of aromatic nitrogens is 4. The summed E-state index contributed by atoms with van der Waals surface area (Å²) in [7, 11) is -1.84. The van der Waals surface area contributed by atoms with E-state index in [0.717, 1.165) is 13.1 Å². The first-order valence-electron chi connectivity index (χ1n) is 9.41. The van der Waals surface area contributed by atoms with Crippen molar-refractivity contribution in [2.45, 2.75) is 66.5 Å². The van der Waals surface area contributed by atoms with Gasteiger partial charge in [-0.1, -0.05) is 26.7 Å². The van der Waals surface area contributed by atoms with Gasteiger partial charge in [0.25, 0.3) is 11.6 Å². The molecule has 0 spiro atoms. The molecule has 2 aromatic heterocycles. The molecule has 2 heterocycles. The van der Waals surface area contributed by atoms with E-state index in [9.17, 15) is 17.3 Å². The zero-order valence-electron chi connectivity index (χ0n) is 17.8. The summed E-state index contributed by atoms with van der Waals surface area (Å²) in [4.78, 5) is 0. The highest BCUT2D eigenvalue weighted by atomic mass is 79.9. The van der Waals surface area contributed by atoms with Crippen molar-refractivity contribution in [1.82, 2.24) is 9.13 Å². The Balaban J connectivity index is 0. The number of halogens is 5. The number of hydrogen-bond acceptors (Lipinski definition) is 0. The molecule has 0 aliphatic heterocycles. The van der Waals surface area contributed by atoms with Gasteiger partial charge >= 0.3 is 7.25 Å². The Bertz CT molecular complexity index is 600. The lowest BCUT2D eigenvalue weighted by molar-refractivity contribution is -0.677. The fourth-order valence-corrected chi connectivity index (χ4v) is 2.33. The molecule has 28 heavy (non-hydrogen) atoms. The van der Waals surface area contributed by atoms with Crippen LogP contribution in [0.4, 0.5) is 17.3 Å². The van der Waals surface area contributed by atoms with E-state index in [0.29, 0.717) is 0 Å². The maximum Gasteiger partial charge on any atom is 0.673 e. The maximum absolute atomic E-state index is 9.75. The third-order valence-electron chi connectivity index (χ3n) is 4.30. The smallest absolute Gasteiger partial charge is 0.673 e. The third-order valence-corrected chi connectivity index (χ3v) is 4.30. The van der Waals surface area contributed by atoms with Crippen molar-refractivity contribution in [2.75, 3.05) is 0 Å². The zero-order chi connectivity index (χ0) is 21.0. The average Bonchev–Trinajstić information content (AvgIpc) is 3.06. The molecule has 0 saturated carbocycles. The van der Waals surface area contributed by atoms with Gasteiger partial charge in [-0.25, -0.2) is 18.3 Å². The molecule has 4 nitrogen and oxygen atoms in total. The highest BCUT2D eigenvalue weighted by Crippen LogP contribution is 2.06. The summed E-state index contributed by atoms with van der Waals surface area (Å²) in [5, 5.41) is 0. The molecule has 0 unspecified atom stereocenters. The minimum Gasteiger partial charge on any atom is -1.00 e. The molecule has 0 atom stereocenters. The molecule has 0 saturated heterocycles. The minimum absolute atomic E-state index is 0. The maximum atomic E-state index is 9.75. The lowest BCUT2D eigenvalue weighted by atomic mass is 10.3. The molecule has 10 heteroatoms. The van der Waals surface area contributed by atoms with Gasteiger partial charge in [0.2, 0.25) is 0 Å². The van der Waals surface area contributed by atoms with Crippen LogP contribution >= 0.6 is 0 Å². The Labute approximate surface area is 177 Å². The molecule has 2 rings (SSSR count). The molecule has 0 amide bonds. The zero-order valence-corrected chi connectivity index (χ0v) is 19.4. The van der Waals surface area contributed by atoms with Crippen LogP contribution < -0.4 is 26.1 Å². The Morgan fingerprint density at radius 1 is 0.786 bits per heavy atom. The number of rotatable bonds is 6. The first-order valence-corrected chi connectivity index (χ1v) is 9.41. The van der Waals surface area contributed by atoms with E-state index in [1.165, 1.54) is 37.3 Å². The van der Waals surface area contributed by atoms with Crippen LogP contribution in [0, 0.1) is 13.8 Å². The van der Waals surface area contributed by atoms with E-state index in [2.05, 4.69) is 84.8 Å². The summed E-state index contributed by atoms with van der Waals surface area (Å²) in [6.07, 6.45) is 13.6. The van der Waals surface area contributed by atoms with Gasteiger partial charge in [-0.3, -0.25) is 0 Å². The Morgan fingerprint density at radius 3 is 1.25 bits per heavy atom. The van der Waals surface area contributed by atoms with Crippen molar-refractivity contribution in [2.24, 2.45) is 14.1 Å². The highest BCUT2D eigenvalue weighted by Gasteiger charge is 2.20. The van der Waals surface area contributed by atoms with Crippen molar-refractivity contribution < 1.29 is 43.4 Å². The fourth-order valence-electron chi connectivity index (χ4n) is 2.33. The molecule has 2 aromatic rings. The first-order chi connectivity index (χ1) is 12.5. The van der Waals surface area contributed by atoms with Crippen molar-refractivity contribution in [3.8, 4) is 0 Å². The first kappa shape index (κ1) is 28.9. The Morgan fingerprint density at radius 2 is 1.07 bits per heavy atom. The summed E-state index contributed by atoms with van der Waals surface area (Å²) in [6.45, 7) is 11.1. The summed E-state index contributed by atoms with van der Waals surface area (Å²) < 4.78 is 47.9. The van der Waals surface area contributed by atoms with Crippen LogP contribution in [0.5, 0.6) is 0 Å². The van der Waals surface area contributed by atoms with Crippen molar-refractivity contribution in [1.29, 1.82) is 0 Å². The van der Waals surface area contributed by atoms with Crippen molar-refractivity contribution in [3.63, 3.8) is 0 Å². The molecule has 0 aromatic carbocycles. The van der Waals surface area contributed by atoms with Gasteiger partial charge in [-0.2, -0.15) is 0 Å². The third kappa shape index (κ3) is 13.0. The van der Waals surface area contributed by atoms with E-state index in [-0.39, 0.29) is 17.0 Å². The van der Waals surface area contributed by atoms with E-state index in [1.807, 2.05) is 0 Å².